The second-order valence-electron chi connectivity index (χ2n) is 6.11. The summed E-state index contributed by atoms with van der Waals surface area (Å²) in [4.78, 5) is 2.89. The summed E-state index contributed by atoms with van der Waals surface area (Å²) in [5, 5.41) is 37.0. The predicted molar refractivity (Wildman–Crippen MR) is 104 cm³/mol. The molecule has 0 unspecified atom stereocenters. The molecule has 2 aromatic rings. The average Bonchev–Trinajstić information content (AvgIpc) is 2.66. The third kappa shape index (κ3) is 4.42. The summed E-state index contributed by atoms with van der Waals surface area (Å²) in [5.41, 5.74) is 5.76. The summed E-state index contributed by atoms with van der Waals surface area (Å²) in [6.45, 7) is 3.08. The normalized spacial score (nSPS) is 10.5. The molecule has 6 heteroatoms. The smallest absolute Gasteiger partial charge is 0.117 e. The first-order valence-corrected chi connectivity index (χ1v) is 8.37. The number of nitrogens with zero attached hydrogens (tertiary/aromatic N) is 2. The number of allylic oxidation sites excluding steroid dienone is 1. The van der Waals surface area contributed by atoms with Crippen molar-refractivity contribution in [3.63, 3.8) is 0 Å². The van der Waals surface area contributed by atoms with Crippen LogP contribution in [0.25, 0.3) is 5.57 Å². The number of hydrogen-bond donors (Lipinski definition) is 4. The van der Waals surface area contributed by atoms with Gasteiger partial charge in [0, 0.05) is 11.4 Å². The second-order valence-corrected chi connectivity index (χ2v) is 6.11. The minimum absolute atomic E-state index is 0.251. The highest BCUT2D eigenvalue weighted by atomic mass is 16.3. The summed E-state index contributed by atoms with van der Waals surface area (Å²) >= 11 is 0. The molecule has 0 spiro atoms. The summed E-state index contributed by atoms with van der Waals surface area (Å²) in [6.07, 6.45) is 0. The van der Waals surface area contributed by atoms with E-state index in [1.807, 2.05) is 62.4 Å². The lowest BCUT2D eigenvalue weighted by Gasteiger charge is -2.21. The molecule has 2 rings (SSSR count). The Balaban J connectivity index is 2.34. The minimum atomic E-state index is -0.251. The molecule has 0 aromatic heterocycles. The molecule has 0 aliphatic rings. The van der Waals surface area contributed by atoms with E-state index in [2.05, 4.69) is 0 Å². The molecule has 6 nitrogen and oxygen atoms in total. The number of aliphatic hydroxyl groups excluding tert-OH is 4. The molecule has 4 N–H and O–H groups in total. The van der Waals surface area contributed by atoms with Gasteiger partial charge in [0.05, 0.1) is 0 Å². The van der Waals surface area contributed by atoms with Gasteiger partial charge in [-0.1, -0.05) is 29.8 Å². The zero-order valence-corrected chi connectivity index (χ0v) is 15.1. The molecule has 0 aliphatic heterocycles. The van der Waals surface area contributed by atoms with Crippen LogP contribution in [0.1, 0.15) is 25.0 Å². The van der Waals surface area contributed by atoms with Gasteiger partial charge in [-0.25, -0.2) is 0 Å². The van der Waals surface area contributed by atoms with E-state index >= 15 is 0 Å². The van der Waals surface area contributed by atoms with Crippen molar-refractivity contribution in [3.8, 4) is 0 Å². The van der Waals surface area contributed by atoms with Crippen LogP contribution in [0, 0.1) is 0 Å². The molecule has 0 aliphatic carbocycles. The third-order valence-electron chi connectivity index (χ3n) is 4.23. The van der Waals surface area contributed by atoms with Gasteiger partial charge >= 0.3 is 0 Å². The first-order valence-electron chi connectivity index (χ1n) is 8.37. The van der Waals surface area contributed by atoms with Crippen LogP contribution in [0.2, 0.25) is 0 Å². The lowest BCUT2D eigenvalue weighted by Crippen LogP contribution is -2.24. The first kappa shape index (κ1) is 19.9. The van der Waals surface area contributed by atoms with Crippen molar-refractivity contribution in [1.29, 1.82) is 0 Å². The van der Waals surface area contributed by atoms with E-state index in [4.69, 9.17) is 0 Å². The first-order chi connectivity index (χ1) is 12.5. The van der Waals surface area contributed by atoms with Crippen molar-refractivity contribution in [2.45, 2.75) is 13.8 Å². The Labute approximate surface area is 153 Å². The van der Waals surface area contributed by atoms with Crippen LogP contribution in [-0.4, -0.2) is 47.3 Å². The van der Waals surface area contributed by atoms with Crippen molar-refractivity contribution in [1.82, 2.24) is 0 Å². The Morgan fingerprint density at radius 1 is 0.615 bits per heavy atom. The van der Waals surface area contributed by atoms with Gasteiger partial charge in [0.2, 0.25) is 0 Å². The standard InChI is InChI=1S/C20H26N2O4/c1-15(2)20(16-3-7-18(8-4-16)21(11-23)12-24)17-5-9-19(10-6-17)22(13-25)14-26/h3-10,23-26H,11-14H2,1-2H3. The largest absolute Gasteiger partial charge is 0.376 e. The lowest BCUT2D eigenvalue weighted by atomic mass is 9.94. The molecule has 0 bridgehead atoms. The number of hydrogen-bond acceptors (Lipinski definition) is 6. The maximum atomic E-state index is 9.25. The Hall–Kier alpha value is -2.38. The quantitative estimate of drug-likeness (QED) is 0.540. The van der Waals surface area contributed by atoms with Crippen LogP contribution in [0.5, 0.6) is 0 Å². The predicted octanol–water partition coefficient (Wildman–Crippen LogP) is 1.94. The van der Waals surface area contributed by atoms with Crippen LogP contribution < -0.4 is 9.80 Å². The molecule has 2 aromatic carbocycles. The SMILES string of the molecule is CC(C)=C(c1ccc(N(CO)CO)cc1)c1ccc(N(CO)CO)cc1. The van der Waals surface area contributed by atoms with Crippen molar-refractivity contribution in [3.05, 3.63) is 65.2 Å². The van der Waals surface area contributed by atoms with Crippen molar-refractivity contribution in [2.75, 3.05) is 36.7 Å². The zero-order valence-electron chi connectivity index (χ0n) is 15.1. The van der Waals surface area contributed by atoms with Crippen LogP contribution >= 0.6 is 0 Å². The molecule has 0 amide bonds. The van der Waals surface area contributed by atoms with E-state index in [9.17, 15) is 20.4 Å². The van der Waals surface area contributed by atoms with Gasteiger partial charge in [0.25, 0.3) is 0 Å². The zero-order chi connectivity index (χ0) is 19.1. The fourth-order valence-electron chi connectivity index (χ4n) is 2.84. The molecule has 140 valence electrons. The maximum Gasteiger partial charge on any atom is 0.117 e. The van der Waals surface area contributed by atoms with Crippen LogP contribution in [0.4, 0.5) is 11.4 Å². The highest BCUT2D eigenvalue weighted by Gasteiger charge is 2.10. The van der Waals surface area contributed by atoms with Crippen molar-refractivity contribution >= 4 is 16.9 Å². The van der Waals surface area contributed by atoms with E-state index in [0.717, 1.165) is 33.6 Å². The maximum absolute atomic E-state index is 9.25. The fraction of sp³-hybridized carbons (Fsp3) is 0.300. The Morgan fingerprint density at radius 3 is 1.15 bits per heavy atom. The van der Waals surface area contributed by atoms with E-state index in [0.29, 0.717) is 0 Å². The second kappa shape index (κ2) is 9.35. The molecule has 0 saturated carbocycles. The van der Waals surface area contributed by atoms with E-state index < -0.39 is 0 Å². The number of benzene rings is 2. The van der Waals surface area contributed by atoms with Gasteiger partial charge in [-0.05, 0) is 54.8 Å². The molecule has 0 fully saturated rings. The highest BCUT2D eigenvalue weighted by Crippen LogP contribution is 2.30. The molecule has 0 saturated heterocycles. The molecule has 0 heterocycles. The Kier molecular flexibility index (Phi) is 7.17. The molecular formula is C20H26N2O4. The van der Waals surface area contributed by atoms with Crippen LogP contribution in [0.3, 0.4) is 0 Å². The summed E-state index contributed by atoms with van der Waals surface area (Å²) in [5.74, 6) is 0. The molecular weight excluding hydrogens is 332 g/mol. The third-order valence-corrected chi connectivity index (χ3v) is 4.23. The van der Waals surface area contributed by atoms with Crippen LogP contribution in [-0.2, 0) is 0 Å². The minimum Gasteiger partial charge on any atom is -0.376 e. The lowest BCUT2D eigenvalue weighted by molar-refractivity contribution is 0.222. The Bertz CT molecular complexity index is 657. The number of anilines is 2. The Morgan fingerprint density at radius 2 is 0.923 bits per heavy atom. The number of rotatable bonds is 8. The summed E-state index contributed by atoms with van der Waals surface area (Å²) < 4.78 is 0. The van der Waals surface area contributed by atoms with Gasteiger partial charge in [-0.3, -0.25) is 0 Å². The van der Waals surface area contributed by atoms with E-state index in [-0.39, 0.29) is 26.9 Å². The van der Waals surface area contributed by atoms with Gasteiger partial charge in [0.15, 0.2) is 0 Å². The molecule has 0 atom stereocenters. The summed E-state index contributed by atoms with van der Waals surface area (Å²) in [6, 6.07) is 15.3. The van der Waals surface area contributed by atoms with Crippen LogP contribution in [0.15, 0.2) is 54.1 Å². The summed E-state index contributed by atoms with van der Waals surface area (Å²) in [7, 11) is 0. The fourth-order valence-corrected chi connectivity index (χ4v) is 2.84. The van der Waals surface area contributed by atoms with E-state index in [1.165, 1.54) is 9.80 Å². The highest BCUT2D eigenvalue weighted by molar-refractivity contribution is 5.82. The molecule has 0 radical (unpaired) electrons. The average molecular weight is 358 g/mol. The van der Waals surface area contributed by atoms with Gasteiger partial charge in [-0.15, -0.1) is 0 Å². The topological polar surface area (TPSA) is 87.4 Å². The van der Waals surface area contributed by atoms with Gasteiger partial charge in [0.1, 0.15) is 26.9 Å². The van der Waals surface area contributed by atoms with E-state index in [1.54, 1.807) is 0 Å². The van der Waals surface area contributed by atoms with Crippen molar-refractivity contribution in [2.24, 2.45) is 0 Å². The molecule has 26 heavy (non-hydrogen) atoms. The van der Waals surface area contributed by atoms with Gasteiger partial charge in [-0.2, -0.15) is 0 Å². The van der Waals surface area contributed by atoms with Gasteiger partial charge < -0.3 is 30.2 Å². The monoisotopic (exact) mass is 358 g/mol. The number of aliphatic hydroxyl groups is 4. The van der Waals surface area contributed by atoms with Crippen molar-refractivity contribution < 1.29 is 20.4 Å².